The Bertz CT molecular complexity index is 251. The Morgan fingerprint density at radius 2 is 1.94 bits per heavy atom. The van der Waals surface area contributed by atoms with Gasteiger partial charge in [-0.05, 0) is 50.5 Å². The van der Waals surface area contributed by atoms with Crippen LogP contribution < -0.4 is 5.32 Å². The van der Waals surface area contributed by atoms with Gasteiger partial charge in [0.1, 0.15) is 0 Å². The fourth-order valence-electron chi connectivity index (χ4n) is 2.78. The van der Waals surface area contributed by atoms with Crippen LogP contribution in [0.2, 0.25) is 0 Å². The monoisotopic (exact) mass is 225 g/mol. The van der Waals surface area contributed by atoms with Crippen molar-refractivity contribution in [3.05, 3.63) is 0 Å². The zero-order valence-corrected chi connectivity index (χ0v) is 11.3. The molecule has 1 aliphatic carbocycles. The molecule has 1 saturated carbocycles. The lowest BCUT2D eigenvalue weighted by Crippen LogP contribution is -2.45. The van der Waals surface area contributed by atoms with E-state index in [1.165, 1.54) is 25.8 Å². The molecule has 0 bridgehead atoms. The van der Waals surface area contributed by atoms with Crippen molar-refractivity contribution < 1.29 is 4.74 Å². The Hall–Kier alpha value is -0.0800. The third kappa shape index (κ3) is 2.78. The SMILES string of the molecule is CCC1(C)CC(NCC2CC2(C)C)CCO1. The van der Waals surface area contributed by atoms with Gasteiger partial charge >= 0.3 is 0 Å². The Labute approximate surface area is 100 Å². The van der Waals surface area contributed by atoms with Gasteiger partial charge in [0.2, 0.25) is 0 Å². The predicted molar refractivity (Wildman–Crippen MR) is 67.6 cm³/mol. The second-order valence-corrected chi connectivity index (χ2v) is 6.64. The van der Waals surface area contributed by atoms with Crippen LogP contribution >= 0.6 is 0 Å². The highest BCUT2D eigenvalue weighted by molar-refractivity contribution is 4.97. The van der Waals surface area contributed by atoms with Crippen LogP contribution in [0.15, 0.2) is 0 Å². The molecular formula is C14H27NO. The maximum Gasteiger partial charge on any atom is 0.0666 e. The fraction of sp³-hybridized carbons (Fsp3) is 1.00. The summed E-state index contributed by atoms with van der Waals surface area (Å²) < 4.78 is 5.87. The van der Waals surface area contributed by atoms with E-state index in [-0.39, 0.29) is 5.60 Å². The fourth-order valence-corrected chi connectivity index (χ4v) is 2.78. The summed E-state index contributed by atoms with van der Waals surface area (Å²) in [6.45, 7) is 11.4. The van der Waals surface area contributed by atoms with Gasteiger partial charge in [0.15, 0.2) is 0 Å². The molecular weight excluding hydrogens is 198 g/mol. The summed E-state index contributed by atoms with van der Waals surface area (Å²) in [6, 6.07) is 0.676. The minimum atomic E-state index is 0.120. The van der Waals surface area contributed by atoms with Gasteiger partial charge in [-0.1, -0.05) is 20.8 Å². The summed E-state index contributed by atoms with van der Waals surface area (Å²) in [4.78, 5) is 0. The summed E-state index contributed by atoms with van der Waals surface area (Å²) in [7, 11) is 0. The molecule has 0 aromatic carbocycles. The Balaban J connectivity index is 1.74. The molecule has 3 atom stereocenters. The van der Waals surface area contributed by atoms with Crippen molar-refractivity contribution in [2.45, 2.75) is 65.0 Å². The number of nitrogens with one attached hydrogen (secondary N) is 1. The Morgan fingerprint density at radius 1 is 1.25 bits per heavy atom. The highest BCUT2D eigenvalue weighted by Crippen LogP contribution is 2.51. The molecule has 0 spiro atoms. The van der Waals surface area contributed by atoms with Crippen LogP contribution in [0.4, 0.5) is 0 Å². The number of ether oxygens (including phenoxy) is 1. The largest absolute Gasteiger partial charge is 0.375 e. The van der Waals surface area contributed by atoms with Crippen LogP contribution in [-0.2, 0) is 4.74 Å². The third-order valence-electron chi connectivity index (χ3n) is 4.71. The predicted octanol–water partition coefficient (Wildman–Crippen LogP) is 2.97. The molecule has 2 rings (SSSR count). The van der Waals surface area contributed by atoms with Gasteiger partial charge in [0, 0.05) is 12.6 Å². The molecule has 3 unspecified atom stereocenters. The topological polar surface area (TPSA) is 21.3 Å². The van der Waals surface area contributed by atoms with E-state index < -0.39 is 0 Å². The van der Waals surface area contributed by atoms with Crippen molar-refractivity contribution in [1.82, 2.24) is 5.32 Å². The average molecular weight is 225 g/mol. The molecule has 1 saturated heterocycles. The molecule has 2 nitrogen and oxygen atoms in total. The molecule has 2 aliphatic rings. The van der Waals surface area contributed by atoms with Gasteiger partial charge in [-0.3, -0.25) is 0 Å². The normalized spacial score (nSPS) is 42.0. The van der Waals surface area contributed by atoms with Crippen LogP contribution in [0.5, 0.6) is 0 Å². The maximum atomic E-state index is 5.87. The zero-order chi connectivity index (χ0) is 11.8. The van der Waals surface area contributed by atoms with Gasteiger partial charge in [-0.15, -0.1) is 0 Å². The smallest absolute Gasteiger partial charge is 0.0666 e. The van der Waals surface area contributed by atoms with Gasteiger partial charge in [-0.25, -0.2) is 0 Å². The van der Waals surface area contributed by atoms with Crippen molar-refractivity contribution in [2.75, 3.05) is 13.2 Å². The number of hydrogen-bond donors (Lipinski definition) is 1. The van der Waals surface area contributed by atoms with Gasteiger partial charge in [0.25, 0.3) is 0 Å². The van der Waals surface area contributed by atoms with Crippen LogP contribution in [0, 0.1) is 11.3 Å². The van der Waals surface area contributed by atoms with Gasteiger partial charge < -0.3 is 10.1 Å². The molecule has 1 N–H and O–H groups in total. The molecule has 1 heterocycles. The quantitative estimate of drug-likeness (QED) is 0.794. The van der Waals surface area contributed by atoms with Crippen LogP contribution in [0.1, 0.15) is 53.4 Å². The van der Waals surface area contributed by atoms with Crippen molar-refractivity contribution in [3.63, 3.8) is 0 Å². The average Bonchev–Trinajstić information content (AvgIpc) is 2.84. The zero-order valence-electron chi connectivity index (χ0n) is 11.3. The van der Waals surface area contributed by atoms with Gasteiger partial charge in [-0.2, -0.15) is 0 Å². The highest BCUT2D eigenvalue weighted by atomic mass is 16.5. The molecule has 94 valence electrons. The van der Waals surface area contributed by atoms with Crippen LogP contribution in [0.25, 0.3) is 0 Å². The molecule has 2 heteroatoms. The lowest BCUT2D eigenvalue weighted by atomic mass is 9.90. The van der Waals surface area contributed by atoms with E-state index in [0.29, 0.717) is 11.5 Å². The van der Waals surface area contributed by atoms with E-state index in [2.05, 4.69) is 33.0 Å². The van der Waals surface area contributed by atoms with E-state index in [1.807, 2.05) is 0 Å². The summed E-state index contributed by atoms with van der Waals surface area (Å²) in [5, 5.41) is 3.75. The first kappa shape index (κ1) is 12.4. The van der Waals surface area contributed by atoms with Gasteiger partial charge in [0.05, 0.1) is 5.60 Å². The van der Waals surface area contributed by atoms with Crippen molar-refractivity contribution in [2.24, 2.45) is 11.3 Å². The maximum absolute atomic E-state index is 5.87. The first-order valence-corrected chi connectivity index (χ1v) is 6.82. The number of rotatable bonds is 4. The van der Waals surface area contributed by atoms with Crippen molar-refractivity contribution >= 4 is 0 Å². The van der Waals surface area contributed by atoms with Crippen LogP contribution in [-0.4, -0.2) is 24.8 Å². The molecule has 0 amide bonds. The molecule has 0 radical (unpaired) electrons. The minimum Gasteiger partial charge on any atom is -0.375 e. The summed E-state index contributed by atoms with van der Waals surface area (Å²) in [5.74, 6) is 0.906. The Morgan fingerprint density at radius 3 is 2.50 bits per heavy atom. The van der Waals surface area contributed by atoms with E-state index in [0.717, 1.165) is 18.9 Å². The molecule has 0 aromatic heterocycles. The molecule has 16 heavy (non-hydrogen) atoms. The highest BCUT2D eigenvalue weighted by Gasteiger charge is 2.45. The van der Waals surface area contributed by atoms with E-state index in [9.17, 15) is 0 Å². The second-order valence-electron chi connectivity index (χ2n) is 6.64. The molecule has 1 aliphatic heterocycles. The van der Waals surface area contributed by atoms with E-state index in [1.54, 1.807) is 0 Å². The van der Waals surface area contributed by atoms with Crippen LogP contribution in [0.3, 0.4) is 0 Å². The molecule has 0 aromatic rings. The van der Waals surface area contributed by atoms with Crippen molar-refractivity contribution in [1.29, 1.82) is 0 Å². The number of hydrogen-bond acceptors (Lipinski definition) is 2. The second kappa shape index (κ2) is 4.30. The van der Waals surface area contributed by atoms with Crippen molar-refractivity contribution in [3.8, 4) is 0 Å². The van der Waals surface area contributed by atoms with E-state index in [4.69, 9.17) is 4.74 Å². The standard InChI is InChI=1S/C14H27NO/c1-5-14(4)9-12(6-7-16-14)15-10-11-8-13(11,2)3/h11-12,15H,5-10H2,1-4H3. The lowest BCUT2D eigenvalue weighted by molar-refractivity contribution is -0.0780. The third-order valence-corrected chi connectivity index (χ3v) is 4.71. The lowest BCUT2D eigenvalue weighted by Gasteiger charge is -2.38. The van der Waals surface area contributed by atoms with E-state index >= 15 is 0 Å². The first-order chi connectivity index (χ1) is 7.45. The minimum absolute atomic E-state index is 0.120. The summed E-state index contributed by atoms with van der Waals surface area (Å²) >= 11 is 0. The first-order valence-electron chi connectivity index (χ1n) is 6.82. The molecule has 2 fully saturated rings. The summed E-state index contributed by atoms with van der Waals surface area (Å²) in [5.41, 5.74) is 0.723. The Kier molecular flexibility index (Phi) is 3.33. The summed E-state index contributed by atoms with van der Waals surface area (Å²) in [6.07, 6.45) is 4.88.